The molecule has 334 valence electrons. The molecule has 0 spiro atoms. The lowest BCUT2D eigenvalue weighted by molar-refractivity contribution is 0.928. The minimum atomic E-state index is -3.00. The van der Waals surface area contributed by atoms with Crippen LogP contribution in [-0.4, -0.2) is 24.3 Å². The molecular formula is C64H43N7. The van der Waals surface area contributed by atoms with Crippen LogP contribution in [0.1, 0.15) is 44.3 Å². The van der Waals surface area contributed by atoms with Crippen LogP contribution in [0.5, 0.6) is 0 Å². The molecule has 5 heterocycles. The molecule has 0 aliphatic carbocycles. The second-order valence-corrected chi connectivity index (χ2v) is 17.0. The molecule has 0 amide bonds. The number of hydrogen-bond acceptors (Lipinski definition) is 6. The summed E-state index contributed by atoms with van der Waals surface area (Å²) in [5, 5.41) is 22.7. The highest BCUT2D eigenvalue weighted by molar-refractivity contribution is 6.17. The molecule has 0 N–H and O–H groups in total. The van der Waals surface area contributed by atoms with Gasteiger partial charge in [-0.1, -0.05) is 133 Å². The molecule has 0 bridgehead atoms. The van der Waals surface area contributed by atoms with E-state index in [-0.39, 0.29) is 38.9 Å². The van der Waals surface area contributed by atoms with Crippen molar-refractivity contribution in [2.24, 2.45) is 0 Å². The Bertz CT molecular complexity index is 4330. The van der Waals surface area contributed by atoms with Gasteiger partial charge in [0.1, 0.15) is 5.65 Å². The van der Waals surface area contributed by atoms with E-state index in [1.165, 1.54) is 36.4 Å². The molecule has 7 aromatic carbocycles. The highest BCUT2D eigenvalue weighted by Gasteiger charge is 2.20. The Labute approximate surface area is 422 Å². The summed E-state index contributed by atoms with van der Waals surface area (Å²) in [4.78, 5) is 18.9. The van der Waals surface area contributed by atoms with E-state index in [4.69, 9.17) is 9.97 Å². The molecule has 71 heavy (non-hydrogen) atoms. The molecule has 0 saturated carbocycles. The van der Waals surface area contributed by atoms with Gasteiger partial charge in [0.2, 0.25) is 0 Å². The average Bonchev–Trinajstić information content (AvgIpc) is 4.04. The van der Waals surface area contributed by atoms with Crippen molar-refractivity contribution in [1.29, 1.82) is 10.5 Å². The van der Waals surface area contributed by atoms with Gasteiger partial charge < -0.3 is 0 Å². The maximum atomic E-state index is 10.5. The standard InChI is InChI=1S/C64H43N7/c65-40-51-37-48(57-16-8-10-31-67-57)26-24-44(51)22-20-42-34-43(21-23-45-25-27-49(38-52(45)41-66)58-17-9-11-32-68-58)36-50(35-42)54-15-5-4-14-53(54)47-28-29-56-61(39-47)71-60-19-7-6-18-59(60)70-64(71)62-55(30-33-69-63(56)62)46-12-2-1-3-13-46/h1-19,24-39H,20-23H2/i20D2,21D2,22D2,23D2. The van der Waals surface area contributed by atoms with Gasteiger partial charge in [-0.3, -0.25) is 19.4 Å². The lowest BCUT2D eigenvalue weighted by Gasteiger charge is -2.16. The SMILES string of the molecule is [2H]C([2H])(c1cc(-c2ccccc2-c2ccc3c4nccc(-c5ccccc5)c4c4nc5ccccc5n4c3c2)cc(C([2H])([2H])C([2H])([2H])c2ccc(-c3ccccn3)cc2C#N)c1)C([2H])([2H])c1ccc(-c2ccccn2)cc1C#N. The fraction of sp³-hybridized carbons (Fsp3) is 0.0625. The second kappa shape index (κ2) is 18.5. The first kappa shape index (κ1) is 34.7. The molecule has 7 heteroatoms. The van der Waals surface area contributed by atoms with Crippen LogP contribution >= 0.6 is 0 Å². The molecule has 0 radical (unpaired) electrons. The number of benzene rings is 7. The van der Waals surface area contributed by atoms with Crippen LogP contribution < -0.4 is 0 Å². The summed E-state index contributed by atoms with van der Waals surface area (Å²) >= 11 is 0. The highest BCUT2D eigenvalue weighted by Crippen LogP contribution is 2.40. The Kier molecular flexibility index (Phi) is 9.04. The van der Waals surface area contributed by atoms with Gasteiger partial charge in [0.25, 0.3) is 0 Å². The average molecular weight is 918 g/mol. The van der Waals surface area contributed by atoms with Crippen molar-refractivity contribution < 1.29 is 11.0 Å². The number of nitrogens with zero attached hydrogens (tertiary/aromatic N) is 7. The molecule has 5 aromatic heterocycles. The van der Waals surface area contributed by atoms with Gasteiger partial charge in [-0.25, -0.2) is 4.98 Å². The van der Waals surface area contributed by atoms with Crippen LogP contribution in [-0.2, 0) is 25.5 Å². The van der Waals surface area contributed by atoms with E-state index in [1.807, 2.05) is 78.9 Å². The summed E-state index contributed by atoms with van der Waals surface area (Å²) < 4.78 is 79.8. The van der Waals surface area contributed by atoms with E-state index in [1.54, 1.807) is 79.3 Å². The third-order valence-electron chi connectivity index (χ3n) is 12.7. The zero-order valence-electron chi connectivity index (χ0n) is 45.8. The maximum absolute atomic E-state index is 10.5. The quantitative estimate of drug-likeness (QED) is 0.120. The molecule has 7 nitrogen and oxygen atoms in total. The maximum Gasteiger partial charge on any atom is 0.148 e. The Morgan fingerprint density at radius 2 is 1.03 bits per heavy atom. The van der Waals surface area contributed by atoms with E-state index < -0.39 is 25.5 Å². The second-order valence-electron chi connectivity index (χ2n) is 17.0. The van der Waals surface area contributed by atoms with E-state index in [0.29, 0.717) is 39.3 Å². The van der Waals surface area contributed by atoms with Crippen molar-refractivity contribution in [1.82, 2.24) is 24.3 Å². The van der Waals surface area contributed by atoms with E-state index in [0.717, 1.165) is 55.6 Å². The van der Waals surface area contributed by atoms with Crippen LogP contribution in [0.2, 0.25) is 0 Å². The third-order valence-corrected chi connectivity index (χ3v) is 12.7. The summed E-state index contributed by atoms with van der Waals surface area (Å²) in [6.45, 7) is 0. The van der Waals surface area contributed by atoms with Crippen LogP contribution in [0.15, 0.2) is 213 Å². The molecule has 0 saturated heterocycles. The molecule has 12 aromatic rings. The van der Waals surface area contributed by atoms with Crippen LogP contribution in [0, 0.1) is 22.7 Å². The minimum Gasteiger partial charge on any atom is -0.292 e. The Hall–Kier alpha value is -9.56. The van der Waals surface area contributed by atoms with Gasteiger partial charge in [-0.2, -0.15) is 10.5 Å². The Morgan fingerprint density at radius 1 is 0.437 bits per heavy atom. The molecular weight excluding hydrogens is 867 g/mol. The van der Waals surface area contributed by atoms with Crippen LogP contribution in [0.25, 0.3) is 94.4 Å². The fourth-order valence-electron chi connectivity index (χ4n) is 9.34. The predicted octanol–water partition coefficient (Wildman–Crippen LogP) is 14.6. The number of imidazole rings is 1. The van der Waals surface area contributed by atoms with Gasteiger partial charge >= 0.3 is 0 Å². The number of nitriles is 2. The number of para-hydroxylation sites is 2. The first-order valence-electron chi connectivity index (χ1n) is 27.0. The topological polar surface area (TPSA) is 104 Å². The zero-order valence-corrected chi connectivity index (χ0v) is 37.8. The number of rotatable bonds is 11. The molecule has 0 aliphatic rings. The van der Waals surface area contributed by atoms with Crippen LogP contribution in [0.4, 0.5) is 0 Å². The van der Waals surface area contributed by atoms with Gasteiger partial charge in [-0.15, -0.1) is 0 Å². The van der Waals surface area contributed by atoms with E-state index in [2.05, 4.69) is 38.6 Å². The normalized spacial score (nSPS) is 13.8. The summed E-state index contributed by atoms with van der Waals surface area (Å²) in [7, 11) is 0. The molecule has 0 aliphatic heterocycles. The smallest absolute Gasteiger partial charge is 0.148 e. The number of aromatic nitrogens is 5. The first-order valence-corrected chi connectivity index (χ1v) is 23.0. The Balaban J connectivity index is 1.06. The number of aryl methyl sites for hydroxylation is 4. The fourth-order valence-corrected chi connectivity index (χ4v) is 9.34. The monoisotopic (exact) mass is 917 g/mol. The zero-order chi connectivity index (χ0) is 54.8. The van der Waals surface area contributed by atoms with Gasteiger partial charge in [-0.05, 0) is 142 Å². The summed E-state index contributed by atoms with van der Waals surface area (Å²) in [6.07, 6.45) is -6.89. The van der Waals surface area contributed by atoms with Gasteiger partial charge in [0.15, 0.2) is 0 Å². The summed E-state index contributed by atoms with van der Waals surface area (Å²) in [5.41, 5.74) is 8.77. The van der Waals surface area contributed by atoms with Crippen molar-refractivity contribution in [3.63, 3.8) is 0 Å². The molecule has 12 rings (SSSR count). The lowest BCUT2D eigenvalue weighted by Crippen LogP contribution is -2.00. The molecule has 0 unspecified atom stereocenters. The van der Waals surface area contributed by atoms with Gasteiger partial charge in [0.05, 0.1) is 62.1 Å². The van der Waals surface area contributed by atoms with Crippen LogP contribution in [0.3, 0.4) is 0 Å². The predicted molar refractivity (Wildman–Crippen MR) is 285 cm³/mol. The van der Waals surface area contributed by atoms with Crippen molar-refractivity contribution in [3.8, 4) is 68.0 Å². The van der Waals surface area contributed by atoms with Gasteiger partial charge in [0, 0.05) is 46.1 Å². The number of fused-ring (bicyclic) bond motifs is 8. The molecule has 0 fully saturated rings. The van der Waals surface area contributed by atoms with E-state index >= 15 is 0 Å². The minimum absolute atomic E-state index is 0.126. The largest absolute Gasteiger partial charge is 0.292 e. The highest BCUT2D eigenvalue weighted by atomic mass is 15.0. The summed E-state index contributed by atoms with van der Waals surface area (Å²) in [5.74, 6) is 0. The van der Waals surface area contributed by atoms with E-state index in [9.17, 15) is 21.5 Å². The Morgan fingerprint density at radius 3 is 1.66 bits per heavy atom. The van der Waals surface area contributed by atoms with Crippen molar-refractivity contribution in [2.45, 2.75) is 25.5 Å². The van der Waals surface area contributed by atoms with Crippen molar-refractivity contribution in [3.05, 3.63) is 246 Å². The third kappa shape index (κ3) is 8.12. The lowest BCUT2D eigenvalue weighted by atomic mass is 9.89. The number of pyridine rings is 4. The first-order chi connectivity index (χ1) is 38.1. The molecule has 0 atom stereocenters. The van der Waals surface area contributed by atoms with Crippen molar-refractivity contribution in [2.75, 3.05) is 0 Å². The number of hydrogen-bond donors (Lipinski definition) is 0. The van der Waals surface area contributed by atoms with Crippen molar-refractivity contribution >= 4 is 38.5 Å². The summed E-state index contributed by atoms with van der Waals surface area (Å²) in [6, 6.07) is 61.0.